The van der Waals surface area contributed by atoms with Crippen LogP contribution in [0.5, 0.6) is 5.75 Å². The van der Waals surface area contributed by atoms with Crippen LogP contribution in [0.15, 0.2) is 6.20 Å². The molecule has 0 atom stereocenters. The highest BCUT2D eigenvalue weighted by Gasteiger charge is 2.32. The van der Waals surface area contributed by atoms with Gasteiger partial charge in [-0.15, -0.1) is 0 Å². The summed E-state index contributed by atoms with van der Waals surface area (Å²) in [6, 6.07) is 0. The van der Waals surface area contributed by atoms with Gasteiger partial charge in [0.2, 0.25) is 11.7 Å². The maximum absolute atomic E-state index is 12.3. The molecule has 0 radical (unpaired) electrons. The first-order chi connectivity index (χ1) is 16.6. The molecule has 0 saturated heterocycles. The Bertz CT molecular complexity index is 777. The molecular weight excluding hydrogens is 438 g/mol. The van der Waals surface area contributed by atoms with E-state index >= 15 is 0 Å². The predicted molar refractivity (Wildman–Crippen MR) is 143 cm³/mol. The number of fused-ring (bicyclic) bond motifs is 1. The van der Waals surface area contributed by atoms with Crippen molar-refractivity contribution in [3.8, 4) is 5.75 Å². The zero-order chi connectivity index (χ0) is 25.7. The van der Waals surface area contributed by atoms with Crippen molar-refractivity contribution >= 4 is 5.91 Å². The number of rotatable bonds is 17. The van der Waals surface area contributed by atoms with Crippen molar-refractivity contribution in [2.24, 2.45) is 0 Å². The SMILES string of the molecule is CCCCCCCCCCCCCC(=O)NCC[N+](C)(C)Cc1cnc(C)c2c1COC(C)(C)O2. The van der Waals surface area contributed by atoms with E-state index in [1.54, 1.807) is 0 Å². The lowest BCUT2D eigenvalue weighted by molar-refractivity contribution is -0.902. The standard InChI is InChI=1S/C29H51N3O3/c1-7-8-9-10-11-12-13-14-15-16-17-18-27(33)30-19-20-32(5,6)22-25-21-31-24(2)28-26(25)23-34-29(3,4)35-28/h21H,7-20,22-23H2,1-6H3/p+1. The van der Waals surface area contributed by atoms with Gasteiger partial charge in [-0.2, -0.15) is 0 Å². The number of aromatic nitrogens is 1. The number of amides is 1. The number of aryl methyl sites for hydroxylation is 1. The first-order valence-corrected chi connectivity index (χ1v) is 14.0. The van der Waals surface area contributed by atoms with Crippen LogP contribution in [0.3, 0.4) is 0 Å². The number of hydrogen-bond acceptors (Lipinski definition) is 4. The summed E-state index contributed by atoms with van der Waals surface area (Å²) in [5.74, 6) is 0.416. The smallest absolute Gasteiger partial charge is 0.220 e. The van der Waals surface area contributed by atoms with E-state index in [0.717, 1.165) is 53.0 Å². The van der Waals surface area contributed by atoms with E-state index in [1.807, 2.05) is 27.0 Å². The van der Waals surface area contributed by atoms with E-state index in [4.69, 9.17) is 9.47 Å². The number of carbonyl (C=O) groups excluding carboxylic acids is 1. The summed E-state index contributed by atoms with van der Waals surface area (Å²) in [7, 11) is 4.38. The minimum Gasteiger partial charge on any atom is -0.461 e. The molecule has 1 aliphatic heterocycles. The lowest BCUT2D eigenvalue weighted by Crippen LogP contribution is -2.45. The number of unbranched alkanes of at least 4 members (excludes halogenated alkanes) is 10. The largest absolute Gasteiger partial charge is 0.461 e. The summed E-state index contributed by atoms with van der Waals surface area (Å²) in [6.07, 6.45) is 16.9. The van der Waals surface area contributed by atoms with Crippen molar-refractivity contribution in [2.45, 2.75) is 124 Å². The fraction of sp³-hybridized carbons (Fsp3) is 0.793. The second kappa shape index (κ2) is 14.8. The molecule has 0 aliphatic carbocycles. The molecule has 0 saturated carbocycles. The van der Waals surface area contributed by atoms with Crippen molar-refractivity contribution in [1.29, 1.82) is 0 Å². The van der Waals surface area contributed by atoms with Crippen molar-refractivity contribution in [3.63, 3.8) is 0 Å². The molecule has 0 bridgehead atoms. The van der Waals surface area contributed by atoms with Crippen LogP contribution in [0.2, 0.25) is 0 Å². The number of nitrogens with zero attached hydrogens (tertiary/aromatic N) is 2. The number of quaternary nitrogens is 1. The fourth-order valence-electron chi connectivity index (χ4n) is 4.70. The van der Waals surface area contributed by atoms with Gasteiger partial charge < -0.3 is 19.3 Å². The Morgan fingerprint density at radius 2 is 1.63 bits per heavy atom. The maximum Gasteiger partial charge on any atom is 0.220 e. The first kappa shape index (κ1) is 29.6. The molecule has 2 rings (SSSR count). The minimum absolute atomic E-state index is 0.180. The third kappa shape index (κ3) is 11.3. The van der Waals surface area contributed by atoms with Gasteiger partial charge >= 0.3 is 0 Å². The van der Waals surface area contributed by atoms with Gasteiger partial charge in [-0.25, -0.2) is 0 Å². The Kier molecular flexibility index (Phi) is 12.5. The van der Waals surface area contributed by atoms with E-state index in [2.05, 4.69) is 31.3 Å². The highest BCUT2D eigenvalue weighted by Crippen LogP contribution is 2.35. The molecule has 1 aromatic rings. The summed E-state index contributed by atoms with van der Waals surface area (Å²) in [5, 5.41) is 3.12. The van der Waals surface area contributed by atoms with Crippen LogP contribution < -0.4 is 10.1 Å². The van der Waals surface area contributed by atoms with Crippen LogP contribution in [-0.2, 0) is 22.7 Å². The first-order valence-electron chi connectivity index (χ1n) is 14.0. The number of carbonyl (C=O) groups is 1. The second-order valence-corrected chi connectivity index (χ2v) is 11.4. The zero-order valence-corrected chi connectivity index (χ0v) is 23.5. The van der Waals surface area contributed by atoms with Gasteiger partial charge in [-0.1, -0.05) is 71.1 Å². The Hall–Kier alpha value is -1.66. The van der Waals surface area contributed by atoms with E-state index in [-0.39, 0.29) is 5.91 Å². The van der Waals surface area contributed by atoms with Crippen LogP contribution in [0.25, 0.3) is 0 Å². The summed E-state index contributed by atoms with van der Waals surface area (Å²) >= 11 is 0. The second-order valence-electron chi connectivity index (χ2n) is 11.4. The number of hydrogen-bond donors (Lipinski definition) is 1. The van der Waals surface area contributed by atoms with Crippen molar-refractivity contribution in [2.75, 3.05) is 27.2 Å². The van der Waals surface area contributed by atoms with Crippen LogP contribution >= 0.6 is 0 Å². The van der Waals surface area contributed by atoms with Crippen LogP contribution in [-0.4, -0.2) is 48.3 Å². The van der Waals surface area contributed by atoms with Crippen LogP contribution in [0.4, 0.5) is 0 Å². The van der Waals surface area contributed by atoms with Gasteiger partial charge in [0.05, 0.1) is 39.5 Å². The zero-order valence-electron chi connectivity index (χ0n) is 23.5. The summed E-state index contributed by atoms with van der Waals surface area (Å²) in [6.45, 7) is 11.0. The molecule has 2 heterocycles. The summed E-state index contributed by atoms with van der Waals surface area (Å²) in [4.78, 5) is 16.8. The summed E-state index contributed by atoms with van der Waals surface area (Å²) < 4.78 is 12.7. The normalized spacial score (nSPS) is 14.9. The van der Waals surface area contributed by atoms with E-state index in [1.165, 1.54) is 57.8 Å². The molecular formula is C29H52N3O3+. The maximum atomic E-state index is 12.3. The molecule has 0 spiro atoms. The lowest BCUT2D eigenvalue weighted by Gasteiger charge is -2.36. The quantitative estimate of drug-likeness (QED) is 0.202. The molecule has 6 nitrogen and oxygen atoms in total. The highest BCUT2D eigenvalue weighted by molar-refractivity contribution is 5.75. The number of likely N-dealkylation sites (N-methyl/N-ethyl adjacent to an activating group) is 1. The van der Waals surface area contributed by atoms with Gasteiger partial charge in [0.25, 0.3) is 0 Å². The molecule has 200 valence electrons. The Balaban J connectivity index is 1.61. The van der Waals surface area contributed by atoms with Crippen molar-refractivity contribution in [1.82, 2.24) is 10.3 Å². The van der Waals surface area contributed by atoms with Crippen molar-refractivity contribution in [3.05, 3.63) is 23.0 Å². The monoisotopic (exact) mass is 490 g/mol. The molecule has 35 heavy (non-hydrogen) atoms. The molecule has 6 heteroatoms. The molecule has 1 amide bonds. The number of pyridine rings is 1. The van der Waals surface area contributed by atoms with E-state index < -0.39 is 5.79 Å². The molecule has 0 unspecified atom stereocenters. The Morgan fingerprint density at radius 1 is 1.03 bits per heavy atom. The highest BCUT2D eigenvalue weighted by atomic mass is 16.7. The Morgan fingerprint density at radius 3 is 2.26 bits per heavy atom. The van der Waals surface area contributed by atoms with Gasteiger partial charge in [0.1, 0.15) is 12.3 Å². The third-order valence-corrected chi connectivity index (χ3v) is 6.96. The van der Waals surface area contributed by atoms with Gasteiger partial charge in [0.15, 0.2) is 0 Å². The van der Waals surface area contributed by atoms with E-state index in [0.29, 0.717) is 19.6 Å². The molecule has 0 fully saturated rings. The average Bonchev–Trinajstić information content (AvgIpc) is 2.78. The Labute approximate surface area is 214 Å². The average molecular weight is 491 g/mol. The van der Waals surface area contributed by atoms with Crippen LogP contribution in [0, 0.1) is 6.92 Å². The van der Waals surface area contributed by atoms with Gasteiger partial charge in [-0.3, -0.25) is 9.78 Å². The molecule has 1 N–H and O–H groups in total. The third-order valence-electron chi connectivity index (χ3n) is 6.96. The topological polar surface area (TPSA) is 60.5 Å². The van der Waals surface area contributed by atoms with Gasteiger partial charge in [0, 0.05) is 37.6 Å². The van der Waals surface area contributed by atoms with Crippen LogP contribution in [0.1, 0.15) is 115 Å². The number of ether oxygens (including phenoxy) is 2. The van der Waals surface area contributed by atoms with Gasteiger partial charge in [-0.05, 0) is 13.3 Å². The molecule has 1 aromatic heterocycles. The number of nitrogens with one attached hydrogen (secondary N) is 1. The van der Waals surface area contributed by atoms with E-state index in [9.17, 15) is 4.79 Å². The van der Waals surface area contributed by atoms with Crippen molar-refractivity contribution < 1.29 is 18.8 Å². The summed E-state index contributed by atoms with van der Waals surface area (Å²) in [5.41, 5.74) is 3.15. The fourth-order valence-corrected chi connectivity index (χ4v) is 4.70. The predicted octanol–water partition coefficient (Wildman–Crippen LogP) is 6.43. The molecule has 0 aromatic carbocycles. The lowest BCUT2D eigenvalue weighted by atomic mass is 10.1. The minimum atomic E-state index is -0.624. The molecule has 1 aliphatic rings.